The lowest BCUT2D eigenvalue weighted by Gasteiger charge is -2.12. The molecule has 0 aliphatic carbocycles. The molecular weight excluding hydrogens is 385 g/mol. The molecule has 0 fully saturated rings. The third-order valence-corrected chi connectivity index (χ3v) is 4.75. The number of rotatable bonds is 6. The number of nitrogens with one attached hydrogen (secondary N) is 2. The Labute approximate surface area is 172 Å². The summed E-state index contributed by atoms with van der Waals surface area (Å²) in [6, 6.07) is 17.1. The van der Waals surface area contributed by atoms with Gasteiger partial charge in [-0.05, 0) is 42.0 Å². The first-order valence-corrected chi connectivity index (χ1v) is 9.33. The number of nitrogens with zero attached hydrogens (tertiary/aromatic N) is 1. The number of para-hydroxylation sites is 1. The number of H-pyrrole nitrogens is 1. The summed E-state index contributed by atoms with van der Waals surface area (Å²) >= 11 is 0. The number of methoxy groups -OCH3 is 2. The standard InChI is InChI=1S/C23H20FN3O3/c1-29-20-9-5-7-16(22(20)30-2)23(28)25-15-10-11-18-19(13-15)27-21(26-18)12-14-6-3-4-8-17(14)24/h3-11,13H,12H2,1-2H3,(H,25,28)(H,26,27). The second kappa shape index (κ2) is 8.24. The second-order valence-electron chi connectivity index (χ2n) is 6.68. The number of carbonyl (C=O) groups excluding carboxylic acids is 1. The van der Waals surface area contributed by atoms with Crippen molar-refractivity contribution in [1.82, 2.24) is 9.97 Å². The van der Waals surface area contributed by atoms with Gasteiger partial charge in [-0.2, -0.15) is 0 Å². The fraction of sp³-hybridized carbons (Fsp3) is 0.130. The number of anilines is 1. The van der Waals surface area contributed by atoms with Crippen LogP contribution in [0.1, 0.15) is 21.7 Å². The number of carbonyl (C=O) groups is 1. The lowest BCUT2D eigenvalue weighted by atomic mass is 10.1. The van der Waals surface area contributed by atoms with E-state index in [4.69, 9.17) is 9.47 Å². The summed E-state index contributed by atoms with van der Waals surface area (Å²) in [5, 5.41) is 2.86. The molecule has 0 unspecified atom stereocenters. The van der Waals surface area contributed by atoms with Crippen LogP contribution >= 0.6 is 0 Å². The number of aromatic nitrogens is 2. The highest BCUT2D eigenvalue weighted by Crippen LogP contribution is 2.31. The van der Waals surface area contributed by atoms with Crippen molar-refractivity contribution < 1.29 is 18.7 Å². The number of ether oxygens (including phenoxy) is 2. The molecule has 152 valence electrons. The van der Waals surface area contributed by atoms with E-state index in [9.17, 15) is 9.18 Å². The molecule has 0 saturated heterocycles. The molecule has 3 aromatic carbocycles. The zero-order valence-electron chi connectivity index (χ0n) is 16.5. The maximum absolute atomic E-state index is 13.9. The molecule has 0 bridgehead atoms. The van der Waals surface area contributed by atoms with Gasteiger partial charge in [0.25, 0.3) is 5.91 Å². The Hall–Kier alpha value is -3.87. The van der Waals surface area contributed by atoms with Crippen molar-refractivity contribution >= 4 is 22.6 Å². The Kier molecular flexibility index (Phi) is 5.34. The summed E-state index contributed by atoms with van der Waals surface area (Å²) in [5.74, 6) is 0.904. The van der Waals surface area contributed by atoms with Crippen LogP contribution in [0.3, 0.4) is 0 Å². The Balaban J connectivity index is 1.57. The summed E-state index contributed by atoms with van der Waals surface area (Å²) in [6.07, 6.45) is 0.351. The highest BCUT2D eigenvalue weighted by molar-refractivity contribution is 6.07. The molecule has 1 heterocycles. The molecule has 0 saturated carbocycles. The molecule has 0 spiro atoms. The number of fused-ring (bicyclic) bond motifs is 1. The first kappa shape index (κ1) is 19.4. The number of amides is 1. The van der Waals surface area contributed by atoms with Gasteiger partial charge in [0.15, 0.2) is 11.5 Å². The molecule has 2 N–H and O–H groups in total. The SMILES string of the molecule is COc1cccc(C(=O)Nc2ccc3nc(Cc4ccccc4F)[nH]c3c2)c1OC. The van der Waals surface area contributed by atoms with Gasteiger partial charge < -0.3 is 19.8 Å². The average molecular weight is 405 g/mol. The molecule has 1 aromatic heterocycles. The van der Waals surface area contributed by atoms with Crippen LogP contribution in [0.2, 0.25) is 0 Å². The molecule has 4 aromatic rings. The number of halogens is 1. The molecule has 6 nitrogen and oxygen atoms in total. The number of benzene rings is 3. The molecular formula is C23H20FN3O3. The Morgan fingerprint density at radius 1 is 1.07 bits per heavy atom. The molecule has 0 aliphatic heterocycles. The smallest absolute Gasteiger partial charge is 0.259 e. The quantitative estimate of drug-likeness (QED) is 0.493. The minimum absolute atomic E-state index is 0.266. The zero-order valence-corrected chi connectivity index (χ0v) is 16.5. The first-order valence-electron chi connectivity index (χ1n) is 9.33. The van der Waals surface area contributed by atoms with Crippen molar-refractivity contribution in [2.24, 2.45) is 0 Å². The van der Waals surface area contributed by atoms with Gasteiger partial charge in [-0.3, -0.25) is 4.79 Å². The van der Waals surface area contributed by atoms with Gasteiger partial charge in [-0.1, -0.05) is 24.3 Å². The van der Waals surface area contributed by atoms with Crippen molar-refractivity contribution in [2.75, 3.05) is 19.5 Å². The predicted molar refractivity (Wildman–Crippen MR) is 113 cm³/mol. The molecule has 0 atom stereocenters. The van der Waals surface area contributed by atoms with E-state index in [0.29, 0.717) is 40.6 Å². The molecule has 1 amide bonds. The van der Waals surface area contributed by atoms with Gasteiger partial charge in [0.2, 0.25) is 0 Å². The highest BCUT2D eigenvalue weighted by Gasteiger charge is 2.17. The van der Waals surface area contributed by atoms with E-state index in [2.05, 4.69) is 15.3 Å². The third-order valence-electron chi connectivity index (χ3n) is 4.75. The molecule has 4 rings (SSSR count). The number of hydrogen-bond acceptors (Lipinski definition) is 4. The number of aromatic amines is 1. The van der Waals surface area contributed by atoms with Crippen LogP contribution in [-0.2, 0) is 6.42 Å². The fourth-order valence-electron chi connectivity index (χ4n) is 3.31. The Morgan fingerprint density at radius 3 is 2.67 bits per heavy atom. The van der Waals surface area contributed by atoms with Gasteiger partial charge in [0.05, 0.1) is 30.8 Å². The van der Waals surface area contributed by atoms with E-state index in [-0.39, 0.29) is 11.7 Å². The Morgan fingerprint density at radius 2 is 1.90 bits per heavy atom. The van der Waals surface area contributed by atoms with Crippen molar-refractivity contribution in [3.8, 4) is 11.5 Å². The van der Waals surface area contributed by atoms with Gasteiger partial charge >= 0.3 is 0 Å². The monoisotopic (exact) mass is 405 g/mol. The summed E-state index contributed by atoms with van der Waals surface area (Å²) in [5.41, 5.74) is 3.01. The minimum atomic E-state index is -0.323. The normalized spacial score (nSPS) is 10.8. The van der Waals surface area contributed by atoms with Crippen LogP contribution in [0.25, 0.3) is 11.0 Å². The van der Waals surface area contributed by atoms with Crippen molar-refractivity contribution in [1.29, 1.82) is 0 Å². The maximum atomic E-state index is 13.9. The summed E-state index contributed by atoms with van der Waals surface area (Å²) in [6.45, 7) is 0. The molecule has 30 heavy (non-hydrogen) atoms. The van der Waals surface area contributed by atoms with Crippen LogP contribution in [0.4, 0.5) is 10.1 Å². The first-order chi connectivity index (χ1) is 14.6. The molecule has 0 aliphatic rings. The van der Waals surface area contributed by atoms with Crippen LogP contribution in [-0.4, -0.2) is 30.1 Å². The molecule has 0 radical (unpaired) electrons. The lowest BCUT2D eigenvalue weighted by molar-refractivity contribution is 0.102. The van der Waals surface area contributed by atoms with Gasteiger partial charge in [0, 0.05) is 12.1 Å². The summed E-state index contributed by atoms with van der Waals surface area (Å²) < 4.78 is 24.5. The largest absolute Gasteiger partial charge is 0.493 e. The average Bonchev–Trinajstić information content (AvgIpc) is 3.16. The zero-order chi connectivity index (χ0) is 21.1. The van der Waals surface area contributed by atoms with E-state index >= 15 is 0 Å². The predicted octanol–water partition coefficient (Wildman–Crippen LogP) is 4.56. The topological polar surface area (TPSA) is 76.2 Å². The summed E-state index contributed by atoms with van der Waals surface area (Å²) in [4.78, 5) is 20.5. The van der Waals surface area contributed by atoms with Crippen molar-refractivity contribution in [3.05, 3.63) is 83.4 Å². The van der Waals surface area contributed by atoms with Gasteiger partial charge in [-0.25, -0.2) is 9.37 Å². The van der Waals surface area contributed by atoms with E-state index in [0.717, 1.165) is 11.0 Å². The van der Waals surface area contributed by atoms with Gasteiger partial charge in [-0.15, -0.1) is 0 Å². The van der Waals surface area contributed by atoms with Gasteiger partial charge in [0.1, 0.15) is 11.6 Å². The van der Waals surface area contributed by atoms with E-state index < -0.39 is 0 Å². The van der Waals surface area contributed by atoms with E-state index in [1.165, 1.54) is 20.3 Å². The van der Waals surface area contributed by atoms with E-state index in [1.807, 2.05) is 0 Å². The Bertz CT molecular complexity index is 1220. The van der Waals surface area contributed by atoms with E-state index in [1.54, 1.807) is 54.6 Å². The van der Waals surface area contributed by atoms with Crippen LogP contribution in [0, 0.1) is 5.82 Å². The van der Waals surface area contributed by atoms with Crippen LogP contribution in [0.15, 0.2) is 60.7 Å². The van der Waals surface area contributed by atoms with Crippen LogP contribution < -0.4 is 14.8 Å². The van der Waals surface area contributed by atoms with Crippen molar-refractivity contribution in [2.45, 2.75) is 6.42 Å². The third kappa shape index (κ3) is 3.82. The second-order valence-corrected chi connectivity index (χ2v) is 6.68. The van der Waals surface area contributed by atoms with Crippen molar-refractivity contribution in [3.63, 3.8) is 0 Å². The number of hydrogen-bond donors (Lipinski definition) is 2. The maximum Gasteiger partial charge on any atom is 0.259 e. The lowest BCUT2D eigenvalue weighted by Crippen LogP contribution is -2.13. The van der Waals surface area contributed by atoms with Crippen LogP contribution in [0.5, 0.6) is 11.5 Å². The summed E-state index contributed by atoms with van der Waals surface area (Å²) in [7, 11) is 3.01. The highest BCUT2D eigenvalue weighted by atomic mass is 19.1. The number of imidazole rings is 1. The molecule has 7 heteroatoms. The minimum Gasteiger partial charge on any atom is -0.493 e. The fourth-order valence-corrected chi connectivity index (χ4v) is 3.31.